The summed E-state index contributed by atoms with van der Waals surface area (Å²) in [7, 11) is -4.64. The second-order valence-corrected chi connectivity index (χ2v) is 8.44. The number of ether oxygens (including phenoxy) is 1. The Kier molecular flexibility index (Phi) is 21.5. The second-order valence-electron chi connectivity index (χ2n) is 7.41. The molecular weight excluding hydrogens is 439 g/mol. The molecule has 8 N–H and O–H groups in total. The SMILES string of the molecule is CCCCCCCCCCCC(=O)N[C@@H](CCCN=C(N)N)C(=O)OCC.O=P(O)(O)O. The number of esters is 1. The summed E-state index contributed by atoms with van der Waals surface area (Å²) < 4.78 is 13.9. The molecule has 0 spiro atoms. The molecule has 190 valence electrons. The minimum atomic E-state index is -4.64. The first kappa shape index (κ1) is 32.5. The fourth-order valence-corrected chi connectivity index (χ4v) is 2.86. The Labute approximate surface area is 191 Å². The molecule has 0 aliphatic heterocycles. The van der Waals surface area contributed by atoms with Gasteiger partial charge >= 0.3 is 13.8 Å². The molecule has 0 aromatic rings. The van der Waals surface area contributed by atoms with E-state index in [1.165, 1.54) is 44.9 Å². The van der Waals surface area contributed by atoms with Crippen molar-refractivity contribution < 1.29 is 33.6 Å². The first-order valence-electron chi connectivity index (χ1n) is 11.3. The van der Waals surface area contributed by atoms with Gasteiger partial charge in [0.25, 0.3) is 0 Å². The quantitative estimate of drug-likeness (QED) is 0.0590. The van der Waals surface area contributed by atoms with Crippen LogP contribution in [0.5, 0.6) is 0 Å². The molecular formula is C20H43N4O7P. The molecule has 0 unspecified atom stereocenters. The maximum atomic E-state index is 12.1. The number of hydrogen-bond acceptors (Lipinski definition) is 5. The smallest absolute Gasteiger partial charge is 0.464 e. The third kappa shape index (κ3) is 28.3. The number of hydrogen-bond donors (Lipinski definition) is 6. The number of phosphoric acid groups is 1. The molecule has 1 atom stereocenters. The first-order valence-corrected chi connectivity index (χ1v) is 12.9. The van der Waals surface area contributed by atoms with Crippen LogP contribution in [-0.2, 0) is 18.9 Å². The van der Waals surface area contributed by atoms with Crippen molar-refractivity contribution in [2.24, 2.45) is 16.5 Å². The van der Waals surface area contributed by atoms with E-state index in [1.54, 1.807) is 6.92 Å². The highest BCUT2D eigenvalue weighted by atomic mass is 31.2. The van der Waals surface area contributed by atoms with E-state index in [0.717, 1.165) is 12.8 Å². The van der Waals surface area contributed by atoms with Crippen LogP contribution in [0.25, 0.3) is 0 Å². The molecule has 0 aromatic carbocycles. The van der Waals surface area contributed by atoms with Crippen LogP contribution in [0.2, 0.25) is 0 Å². The maximum absolute atomic E-state index is 12.1. The zero-order valence-corrected chi connectivity index (χ0v) is 20.4. The molecule has 0 bridgehead atoms. The lowest BCUT2D eigenvalue weighted by molar-refractivity contribution is -0.147. The van der Waals surface area contributed by atoms with Gasteiger partial charge in [-0.15, -0.1) is 0 Å². The van der Waals surface area contributed by atoms with Gasteiger partial charge in [-0.3, -0.25) is 9.79 Å². The number of nitrogens with two attached hydrogens (primary N) is 2. The summed E-state index contributed by atoms with van der Waals surface area (Å²) in [6.07, 6.45) is 12.3. The van der Waals surface area contributed by atoms with Crippen LogP contribution in [0.4, 0.5) is 0 Å². The lowest BCUT2D eigenvalue weighted by Gasteiger charge is -2.17. The van der Waals surface area contributed by atoms with Gasteiger partial charge in [0.15, 0.2) is 5.96 Å². The van der Waals surface area contributed by atoms with Gasteiger partial charge in [0.1, 0.15) is 6.04 Å². The average molecular weight is 483 g/mol. The molecule has 32 heavy (non-hydrogen) atoms. The summed E-state index contributed by atoms with van der Waals surface area (Å²) >= 11 is 0. The minimum Gasteiger partial charge on any atom is -0.464 e. The van der Waals surface area contributed by atoms with E-state index < -0.39 is 19.8 Å². The topological polar surface area (TPSA) is 198 Å². The van der Waals surface area contributed by atoms with Gasteiger partial charge in [0, 0.05) is 13.0 Å². The highest BCUT2D eigenvalue weighted by molar-refractivity contribution is 7.45. The van der Waals surface area contributed by atoms with Crippen LogP contribution >= 0.6 is 7.82 Å². The predicted molar refractivity (Wildman–Crippen MR) is 125 cm³/mol. The normalized spacial score (nSPS) is 11.7. The molecule has 0 aliphatic rings. The number of aliphatic imine (C=N–C) groups is 1. The van der Waals surface area contributed by atoms with Crippen LogP contribution in [0.1, 0.15) is 90.9 Å². The van der Waals surface area contributed by atoms with Crippen molar-refractivity contribution >= 4 is 25.7 Å². The second kappa shape index (κ2) is 21.2. The highest BCUT2D eigenvalue weighted by Crippen LogP contribution is 2.25. The van der Waals surface area contributed by atoms with Gasteiger partial charge in [0.05, 0.1) is 6.61 Å². The lowest BCUT2D eigenvalue weighted by Crippen LogP contribution is -2.42. The Hall–Kier alpha value is -1.68. The van der Waals surface area contributed by atoms with Crippen molar-refractivity contribution in [2.75, 3.05) is 13.2 Å². The van der Waals surface area contributed by atoms with E-state index in [1.807, 2.05) is 0 Å². The molecule has 0 radical (unpaired) electrons. The third-order valence-corrected chi connectivity index (χ3v) is 4.36. The third-order valence-electron chi connectivity index (χ3n) is 4.36. The summed E-state index contributed by atoms with van der Waals surface area (Å²) in [5, 5.41) is 2.79. The van der Waals surface area contributed by atoms with E-state index in [0.29, 0.717) is 25.8 Å². The van der Waals surface area contributed by atoms with Crippen molar-refractivity contribution in [3.63, 3.8) is 0 Å². The zero-order valence-electron chi connectivity index (χ0n) is 19.5. The summed E-state index contributed by atoms with van der Waals surface area (Å²) in [4.78, 5) is 49.6. The molecule has 12 heteroatoms. The van der Waals surface area contributed by atoms with E-state index in [4.69, 9.17) is 35.4 Å². The standard InChI is InChI=1S/C20H40N4O3.H3O4P/c1-3-5-6-7-8-9-10-11-12-15-18(25)24-17(19(26)27-4-2)14-13-16-23-20(21)22;1-5(2,3)4/h17H,3-16H2,1-2H3,(H,24,25)(H4,21,22,23);(H3,1,2,3,4)/t17-;/m0./s1. The van der Waals surface area contributed by atoms with Gasteiger partial charge in [0.2, 0.25) is 5.91 Å². The largest absolute Gasteiger partial charge is 0.466 e. The van der Waals surface area contributed by atoms with Crippen LogP contribution in [0.3, 0.4) is 0 Å². The Morgan fingerprint density at radius 2 is 1.44 bits per heavy atom. The lowest BCUT2D eigenvalue weighted by atomic mass is 10.1. The molecule has 0 saturated heterocycles. The number of rotatable bonds is 17. The minimum absolute atomic E-state index is 0.0251. The van der Waals surface area contributed by atoms with Crippen LogP contribution in [0, 0.1) is 0 Å². The van der Waals surface area contributed by atoms with Gasteiger partial charge in [-0.25, -0.2) is 9.36 Å². The van der Waals surface area contributed by atoms with Crippen molar-refractivity contribution in [3.8, 4) is 0 Å². The summed E-state index contributed by atoms with van der Waals surface area (Å²) in [6.45, 7) is 4.68. The van der Waals surface area contributed by atoms with Crippen molar-refractivity contribution in [3.05, 3.63) is 0 Å². The first-order chi connectivity index (χ1) is 15.0. The average Bonchev–Trinajstić information content (AvgIpc) is 2.67. The highest BCUT2D eigenvalue weighted by Gasteiger charge is 2.21. The van der Waals surface area contributed by atoms with Crippen LogP contribution in [-0.4, -0.2) is 51.7 Å². The molecule has 0 fully saturated rings. The monoisotopic (exact) mass is 482 g/mol. The number of carbonyl (C=O) groups excluding carboxylic acids is 2. The van der Waals surface area contributed by atoms with E-state index in [-0.39, 0.29) is 18.5 Å². The number of nitrogens with one attached hydrogen (secondary N) is 1. The summed E-state index contributed by atoms with van der Waals surface area (Å²) in [5.74, 6) is -0.474. The van der Waals surface area contributed by atoms with Crippen LogP contribution < -0.4 is 16.8 Å². The summed E-state index contributed by atoms with van der Waals surface area (Å²) in [6, 6.07) is -0.634. The number of amides is 1. The van der Waals surface area contributed by atoms with Gasteiger partial charge in [-0.05, 0) is 26.2 Å². The molecule has 0 rings (SSSR count). The molecule has 0 aliphatic carbocycles. The Bertz CT molecular complexity index is 558. The van der Waals surface area contributed by atoms with E-state index in [2.05, 4.69) is 17.2 Å². The predicted octanol–water partition coefficient (Wildman–Crippen LogP) is 2.08. The number of carbonyl (C=O) groups is 2. The molecule has 0 saturated carbocycles. The zero-order chi connectivity index (χ0) is 24.8. The molecule has 0 heterocycles. The maximum Gasteiger partial charge on any atom is 0.466 e. The van der Waals surface area contributed by atoms with Gasteiger partial charge in [-0.2, -0.15) is 0 Å². The number of guanidine groups is 1. The Morgan fingerprint density at radius 3 is 1.91 bits per heavy atom. The number of unbranched alkanes of at least 4 members (excludes halogenated alkanes) is 8. The van der Waals surface area contributed by atoms with E-state index in [9.17, 15) is 9.59 Å². The molecule has 1 amide bonds. The fourth-order valence-electron chi connectivity index (χ4n) is 2.86. The van der Waals surface area contributed by atoms with Gasteiger partial charge in [-0.1, -0.05) is 58.3 Å². The van der Waals surface area contributed by atoms with Gasteiger partial charge < -0.3 is 36.2 Å². The van der Waals surface area contributed by atoms with Crippen molar-refractivity contribution in [2.45, 2.75) is 96.9 Å². The van der Waals surface area contributed by atoms with Crippen molar-refractivity contribution in [1.29, 1.82) is 0 Å². The Balaban J connectivity index is 0. The Morgan fingerprint density at radius 1 is 0.938 bits per heavy atom. The molecule has 11 nitrogen and oxygen atoms in total. The summed E-state index contributed by atoms with van der Waals surface area (Å²) in [5.41, 5.74) is 10.6. The van der Waals surface area contributed by atoms with Crippen molar-refractivity contribution in [1.82, 2.24) is 5.32 Å². The van der Waals surface area contributed by atoms with E-state index >= 15 is 0 Å². The number of nitrogens with zero attached hydrogens (tertiary/aromatic N) is 1. The molecule has 0 aromatic heterocycles. The van der Waals surface area contributed by atoms with Crippen LogP contribution in [0.15, 0.2) is 4.99 Å². The fraction of sp³-hybridized carbons (Fsp3) is 0.850.